The van der Waals surface area contributed by atoms with Crippen molar-refractivity contribution in [3.8, 4) is 11.3 Å². The summed E-state index contributed by atoms with van der Waals surface area (Å²) >= 11 is 6.69. The molecule has 1 aliphatic heterocycles. The summed E-state index contributed by atoms with van der Waals surface area (Å²) in [5.74, 6) is 0.109. The van der Waals surface area contributed by atoms with E-state index in [-0.39, 0.29) is 28.8 Å². The lowest BCUT2D eigenvalue weighted by atomic mass is 9.85. The number of hydrogen-bond acceptors (Lipinski definition) is 5. The average Bonchev–Trinajstić information content (AvgIpc) is 3.28. The summed E-state index contributed by atoms with van der Waals surface area (Å²) in [6, 6.07) is 12.9. The Hall–Kier alpha value is -2.43. The van der Waals surface area contributed by atoms with E-state index in [0.717, 1.165) is 23.1 Å². The summed E-state index contributed by atoms with van der Waals surface area (Å²) in [6.45, 7) is 4.43. The Labute approximate surface area is 235 Å². The highest BCUT2D eigenvalue weighted by Crippen LogP contribution is 2.36. The number of carbonyl (C=O) groups excluding carboxylic acids is 1. The number of sulfonamides is 1. The van der Waals surface area contributed by atoms with Crippen molar-refractivity contribution in [2.24, 2.45) is 5.92 Å². The number of carbonyl (C=O) groups is 1. The zero-order valence-electron chi connectivity index (χ0n) is 22.4. The van der Waals surface area contributed by atoms with Crippen LogP contribution in [0.2, 0.25) is 5.02 Å². The van der Waals surface area contributed by atoms with E-state index < -0.39 is 10.0 Å². The van der Waals surface area contributed by atoms with Crippen molar-refractivity contribution < 1.29 is 22.7 Å². The van der Waals surface area contributed by atoms with E-state index in [2.05, 4.69) is 9.71 Å². The van der Waals surface area contributed by atoms with Gasteiger partial charge in [-0.15, -0.1) is 0 Å². The second-order valence-corrected chi connectivity index (χ2v) is 12.7. The summed E-state index contributed by atoms with van der Waals surface area (Å²) < 4.78 is 40.0. The van der Waals surface area contributed by atoms with Crippen LogP contribution >= 0.6 is 11.6 Å². The molecule has 2 fully saturated rings. The highest BCUT2D eigenvalue weighted by Gasteiger charge is 2.34. The fraction of sp³-hybridized carbons (Fsp3) is 0.483. The van der Waals surface area contributed by atoms with Gasteiger partial charge in [-0.1, -0.05) is 35.9 Å². The Morgan fingerprint density at radius 2 is 1.90 bits per heavy atom. The molecule has 10 heteroatoms. The Balaban J connectivity index is 1.25. The predicted molar refractivity (Wildman–Crippen MR) is 152 cm³/mol. The van der Waals surface area contributed by atoms with Crippen LogP contribution in [-0.4, -0.2) is 69.8 Å². The molecular weight excluding hydrogens is 538 g/mol. The second kappa shape index (κ2) is 12.0. The van der Waals surface area contributed by atoms with Crippen LogP contribution in [-0.2, 0) is 30.7 Å². The molecule has 1 atom stereocenters. The minimum absolute atomic E-state index is 0.0591. The molecule has 2 N–H and O–H groups in total. The molecule has 210 valence electrons. The van der Waals surface area contributed by atoms with Crippen molar-refractivity contribution in [1.29, 1.82) is 0 Å². The number of amides is 1. The molecule has 8 nitrogen and oxygen atoms in total. The zero-order chi connectivity index (χ0) is 27.6. The largest absolute Gasteiger partial charge is 0.384 e. The van der Waals surface area contributed by atoms with Gasteiger partial charge in [0.1, 0.15) is 0 Å². The fourth-order valence-corrected chi connectivity index (χ4v) is 7.25. The van der Waals surface area contributed by atoms with Crippen LogP contribution in [0.3, 0.4) is 0 Å². The Morgan fingerprint density at radius 3 is 2.59 bits per heavy atom. The van der Waals surface area contributed by atoms with E-state index in [4.69, 9.17) is 21.1 Å². The van der Waals surface area contributed by atoms with Crippen molar-refractivity contribution in [3.05, 3.63) is 53.1 Å². The molecule has 3 aromatic rings. The molecule has 0 radical (unpaired) electrons. The van der Waals surface area contributed by atoms with E-state index in [9.17, 15) is 13.2 Å². The topological polar surface area (TPSA) is 101 Å². The maximum atomic E-state index is 13.3. The lowest BCUT2D eigenvalue weighted by molar-refractivity contribution is -0.144. The number of nitrogens with one attached hydrogen (secondary N) is 2. The standard InChI is InChI=1S/C29H36ClN3O5S/c1-19-18-38-16-14-33(19)29(34)22-7-9-23(10-8-22)32-39(35,36)24-11-12-25-26(17-24)31-28(27(25)30)21-5-3-20(4-6-21)13-15-37-2/h3-6,11-12,17,19,22-23,31-32H,7-10,13-16,18H2,1-2H3/t19-,22-,23-/m0/s1. The summed E-state index contributed by atoms with van der Waals surface area (Å²) in [6.07, 6.45) is 3.45. The lowest BCUT2D eigenvalue weighted by Gasteiger charge is -2.37. The van der Waals surface area contributed by atoms with Gasteiger partial charge in [0.2, 0.25) is 15.9 Å². The summed E-state index contributed by atoms with van der Waals surface area (Å²) in [7, 11) is -2.05. The van der Waals surface area contributed by atoms with Crippen LogP contribution in [0.4, 0.5) is 0 Å². The number of aromatic nitrogens is 1. The monoisotopic (exact) mass is 573 g/mol. The van der Waals surface area contributed by atoms with E-state index >= 15 is 0 Å². The molecule has 2 aromatic carbocycles. The molecule has 1 amide bonds. The molecule has 1 aromatic heterocycles. The van der Waals surface area contributed by atoms with Gasteiger partial charge < -0.3 is 19.4 Å². The molecule has 0 bridgehead atoms. The van der Waals surface area contributed by atoms with Crippen LogP contribution in [0, 0.1) is 5.92 Å². The summed E-state index contributed by atoms with van der Waals surface area (Å²) in [4.78, 5) is 18.4. The van der Waals surface area contributed by atoms with Gasteiger partial charge in [-0.2, -0.15) is 0 Å². The van der Waals surface area contributed by atoms with E-state index in [0.29, 0.717) is 62.6 Å². The summed E-state index contributed by atoms with van der Waals surface area (Å²) in [5.41, 5.74) is 3.51. The van der Waals surface area contributed by atoms with E-state index in [1.807, 2.05) is 36.1 Å². The number of rotatable bonds is 8. The van der Waals surface area contributed by atoms with E-state index in [1.165, 1.54) is 5.56 Å². The number of fused-ring (bicyclic) bond motifs is 1. The Morgan fingerprint density at radius 1 is 1.15 bits per heavy atom. The molecule has 1 aliphatic carbocycles. The van der Waals surface area contributed by atoms with Gasteiger partial charge in [0, 0.05) is 36.5 Å². The highest BCUT2D eigenvalue weighted by atomic mass is 35.5. The SMILES string of the molecule is COCCc1ccc(-c2[nH]c3cc(S(=O)(=O)N[C@H]4CC[C@H](C(=O)N5CCOC[C@@H]5C)CC4)ccc3c2Cl)cc1. The maximum Gasteiger partial charge on any atom is 0.240 e. The van der Waals surface area contributed by atoms with Gasteiger partial charge in [0.05, 0.1) is 41.5 Å². The number of methoxy groups -OCH3 is 1. The summed E-state index contributed by atoms with van der Waals surface area (Å²) in [5, 5.41) is 1.33. The van der Waals surface area contributed by atoms with Gasteiger partial charge in [-0.3, -0.25) is 4.79 Å². The second-order valence-electron chi connectivity index (χ2n) is 10.6. The first-order chi connectivity index (χ1) is 18.8. The smallest absolute Gasteiger partial charge is 0.240 e. The third-order valence-electron chi connectivity index (χ3n) is 7.90. The number of H-pyrrole nitrogens is 1. The van der Waals surface area contributed by atoms with Crippen LogP contribution in [0.25, 0.3) is 22.2 Å². The molecule has 2 heterocycles. The van der Waals surface area contributed by atoms with Gasteiger partial charge in [0.25, 0.3) is 0 Å². The number of benzene rings is 2. The normalized spacial score (nSPS) is 22.3. The first kappa shape index (κ1) is 28.1. The molecule has 1 saturated carbocycles. The first-order valence-corrected chi connectivity index (χ1v) is 15.4. The van der Waals surface area contributed by atoms with Crippen molar-refractivity contribution in [2.75, 3.05) is 33.5 Å². The van der Waals surface area contributed by atoms with Crippen molar-refractivity contribution in [1.82, 2.24) is 14.6 Å². The predicted octanol–water partition coefficient (Wildman–Crippen LogP) is 4.76. The van der Waals surface area contributed by atoms with Crippen LogP contribution in [0.5, 0.6) is 0 Å². The van der Waals surface area contributed by atoms with Gasteiger partial charge in [-0.05, 0) is 68.4 Å². The first-order valence-electron chi connectivity index (χ1n) is 13.6. The molecule has 2 aliphatic rings. The number of ether oxygens (including phenoxy) is 2. The van der Waals surface area contributed by atoms with Crippen LogP contribution in [0.1, 0.15) is 38.2 Å². The minimum atomic E-state index is -3.74. The van der Waals surface area contributed by atoms with Crippen molar-refractivity contribution in [3.63, 3.8) is 0 Å². The van der Waals surface area contributed by atoms with Crippen molar-refractivity contribution >= 4 is 38.4 Å². The van der Waals surface area contributed by atoms with Gasteiger partial charge in [0.15, 0.2) is 0 Å². The van der Waals surface area contributed by atoms with Crippen LogP contribution < -0.4 is 4.72 Å². The molecule has 0 unspecified atom stereocenters. The fourth-order valence-electron chi connectivity index (χ4n) is 5.60. The van der Waals surface area contributed by atoms with Crippen molar-refractivity contribution in [2.45, 2.75) is 56.0 Å². The Kier molecular flexibility index (Phi) is 8.63. The highest BCUT2D eigenvalue weighted by molar-refractivity contribution is 7.89. The van der Waals surface area contributed by atoms with Gasteiger partial charge >= 0.3 is 0 Å². The third kappa shape index (κ3) is 6.18. The van der Waals surface area contributed by atoms with Crippen LogP contribution in [0.15, 0.2) is 47.4 Å². The lowest BCUT2D eigenvalue weighted by Crippen LogP contribution is -2.50. The molecular formula is C29H36ClN3O5S. The molecule has 0 spiro atoms. The number of hydrogen-bond donors (Lipinski definition) is 2. The minimum Gasteiger partial charge on any atom is -0.384 e. The Bertz CT molecular complexity index is 1410. The quantitative estimate of drug-likeness (QED) is 0.405. The third-order valence-corrected chi connectivity index (χ3v) is 9.81. The average molecular weight is 574 g/mol. The van der Waals surface area contributed by atoms with Gasteiger partial charge in [-0.25, -0.2) is 13.1 Å². The number of aromatic amines is 1. The van der Waals surface area contributed by atoms with E-state index in [1.54, 1.807) is 25.3 Å². The molecule has 1 saturated heterocycles. The molecule has 5 rings (SSSR count). The molecule has 39 heavy (non-hydrogen) atoms. The number of halogens is 1. The maximum absolute atomic E-state index is 13.3. The zero-order valence-corrected chi connectivity index (χ0v) is 24.0. The number of morpholine rings is 1. The number of nitrogens with zero attached hydrogens (tertiary/aromatic N) is 1.